The van der Waals surface area contributed by atoms with Crippen molar-refractivity contribution in [2.45, 2.75) is 6.54 Å². The fraction of sp³-hybridized carbons (Fsp3) is 0.308. The van der Waals surface area contributed by atoms with Crippen LogP contribution in [0, 0.1) is 0 Å². The molecule has 0 aliphatic rings. The lowest BCUT2D eigenvalue weighted by molar-refractivity contribution is 0.394. The summed E-state index contributed by atoms with van der Waals surface area (Å²) >= 11 is 7.31. The fourth-order valence-electron chi connectivity index (χ4n) is 1.78. The highest BCUT2D eigenvalue weighted by Crippen LogP contribution is 2.32. The lowest BCUT2D eigenvalue weighted by Gasteiger charge is -2.21. The van der Waals surface area contributed by atoms with E-state index in [2.05, 4.69) is 9.88 Å². The first-order chi connectivity index (χ1) is 9.13. The molecule has 0 saturated heterocycles. The topological polar surface area (TPSA) is 34.6 Å². The number of benzene rings is 1. The molecule has 102 valence electrons. The molecule has 2 aromatic rings. The Bertz CT molecular complexity index is 559. The van der Waals surface area contributed by atoms with E-state index in [-0.39, 0.29) is 0 Å². The normalized spacial score (nSPS) is 10.3. The zero-order chi connectivity index (χ0) is 13.8. The number of nitrogens with zero attached hydrogens (tertiary/aromatic N) is 2. The van der Waals surface area contributed by atoms with Gasteiger partial charge in [-0.25, -0.2) is 4.98 Å². The Morgan fingerprint density at radius 3 is 2.68 bits per heavy atom. The third-order valence-electron chi connectivity index (χ3n) is 2.72. The molecule has 19 heavy (non-hydrogen) atoms. The summed E-state index contributed by atoms with van der Waals surface area (Å²) in [6.07, 6.45) is 1.79. The van der Waals surface area contributed by atoms with Gasteiger partial charge in [-0.05, 0) is 12.1 Å². The number of hydrogen-bond donors (Lipinski definition) is 0. The summed E-state index contributed by atoms with van der Waals surface area (Å²) in [5, 5.41) is 0. The molecule has 1 aromatic heterocycles. The molecule has 0 bridgehead atoms. The standard InChI is InChI=1S/C13H15ClN2O2S/c1-16(8-10-7-15-13(14)19-10)11-5-4-9(17-2)6-12(11)18-3/h4-7H,8H2,1-3H3. The second-order valence-corrected chi connectivity index (χ2v) is 5.67. The number of hydrogen-bond acceptors (Lipinski definition) is 5. The molecule has 0 N–H and O–H groups in total. The predicted molar refractivity (Wildman–Crippen MR) is 78.8 cm³/mol. The Morgan fingerprint density at radius 1 is 1.32 bits per heavy atom. The molecule has 0 radical (unpaired) electrons. The Morgan fingerprint density at radius 2 is 2.11 bits per heavy atom. The van der Waals surface area contributed by atoms with Crippen molar-refractivity contribution in [3.05, 3.63) is 33.7 Å². The van der Waals surface area contributed by atoms with E-state index in [1.807, 2.05) is 25.2 Å². The smallest absolute Gasteiger partial charge is 0.183 e. The summed E-state index contributed by atoms with van der Waals surface area (Å²) < 4.78 is 11.1. The average Bonchev–Trinajstić information content (AvgIpc) is 2.83. The summed E-state index contributed by atoms with van der Waals surface area (Å²) in [6, 6.07) is 5.75. The molecule has 0 spiro atoms. The Labute approximate surface area is 121 Å². The largest absolute Gasteiger partial charge is 0.497 e. The van der Waals surface area contributed by atoms with Crippen molar-refractivity contribution >= 4 is 28.6 Å². The molecular formula is C13H15ClN2O2S. The fourth-order valence-corrected chi connectivity index (χ4v) is 2.81. The number of ether oxygens (including phenoxy) is 2. The van der Waals surface area contributed by atoms with Crippen LogP contribution in [0.15, 0.2) is 24.4 Å². The minimum Gasteiger partial charge on any atom is -0.497 e. The van der Waals surface area contributed by atoms with Crippen LogP contribution in [0.4, 0.5) is 5.69 Å². The van der Waals surface area contributed by atoms with Gasteiger partial charge in [0, 0.05) is 24.2 Å². The highest BCUT2D eigenvalue weighted by molar-refractivity contribution is 7.15. The first-order valence-electron chi connectivity index (χ1n) is 5.67. The number of aromatic nitrogens is 1. The molecule has 1 heterocycles. The molecule has 0 amide bonds. The van der Waals surface area contributed by atoms with Gasteiger partial charge in [-0.3, -0.25) is 0 Å². The Hall–Kier alpha value is -1.46. The van der Waals surface area contributed by atoms with Crippen LogP contribution in [0.25, 0.3) is 0 Å². The first-order valence-corrected chi connectivity index (χ1v) is 6.87. The molecular weight excluding hydrogens is 284 g/mol. The second kappa shape index (κ2) is 6.12. The Balaban J connectivity index is 2.20. The molecule has 0 unspecified atom stereocenters. The minimum atomic E-state index is 0.560. The summed E-state index contributed by atoms with van der Waals surface area (Å²) in [4.78, 5) is 7.23. The van der Waals surface area contributed by atoms with E-state index in [1.54, 1.807) is 20.4 Å². The Kier molecular flexibility index (Phi) is 4.50. The van der Waals surface area contributed by atoms with Gasteiger partial charge in [-0.15, -0.1) is 11.3 Å². The van der Waals surface area contributed by atoms with Gasteiger partial charge in [0.1, 0.15) is 11.5 Å². The van der Waals surface area contributed by atoms with E-state index in [4.69, 9.17) is 21.1 Å². The minimum absolute atomic E-state index is 0.560. The maximum Gasteiger partial charge on any atom is 0.183 e. The summed E-state index contributed by atoms with van der Waals surface area (Å²) in [5.41, 5.74) is 0.993. The molecule has 0 saturated carbocycles. The highest BCUT2D eigenvalue weighted by atomic mass is 35.5. The van der Waals surface area contributed by atoms with E-state index in [0.717, 1.165) is 28.6 Å². The summed E-state index contributed by atoms with van der Waals surface area (Å²) in [6.45, 7) is 0.729. The molecule has 0 atom stereocenters. The monoisotopic (exact) mass is 298 g/mol. The van der Waals surface area contributed by atoms with Gasteiger partial charge in [0.25, 0.3) is 0 Å². The van der Waals surface area contributed by atoms with E-state index in [1.165, 1.54) is 11.3 Å². The quantitative estimate of drug-likeness (QED) is 0.847. The van der Waals surface area contributed by atoms with Crippen LogP contribution >= 0.6 is 22.9 Å². The average molecular weight is 299 g/mol. The van der Waals surface area contributed by atoms with E-state index >= 15 is 0 Å². The van der Waals surface area contributed by atoms with Crippen LogP contribution < -0.4 is 14.4 Å². The van der Waals surface area contributed by atoms with Crippen molar-refractivity contribution in [3.63, 3.8) is 0 Å². The van der Waals surface area contributed by atoms with Crippen molar-refractivity contribution in [2.24, 2.45) is 0 Å². The maximum absolute atomic E-state index is 5.84. The molecule has 4 nitrogen and oxygen atoms in total. The van der Waals surface area contributed by atoms with Gasteiger partial charge in [0.15, 0.2) is 4.47 Å². The zero-order valence-corrected chi connectivity index (χ0v) is 12.6. The molecule has 0 aliphatic carbocycles. The predicted octanol–water partition coefficient (Wildman–Crippen LogP) is 3.45. The highest BCUT2D eigenvalue weighted by Gasteiger charge is 2.11. The van der Waals surface area contributed by atoms with Crippen molar-refractivity contribution in [1.82, 2.24) is 4.98 Å². The molecule has 1 aromatic carbocycles. The number of thiazole rings is 1. The van der Waals surface area contributed by atoms with Crippen LogP contribution in [0.3, 0.4) is 0 Å². The molecule has 0 fully saturated rings. The third-order valence-corrected chi connectivity index (χ3v) is 3.82. The van der Waals surface area contributed by atoms with Crippen molar-refractivity contribution < 1.29 is 9.47 Å². The maximum atomic E-state index is 5.84. The van der Waals surface area contributed by atoms with Crippen LogP contribution in [-0.4, -0.2) is 26.3 Å². The summed E-state index contributed by atoms with van der Waals surface area (Å²) in [5.74, 6) is 1.55. The van der Waals surface area contributed by atoms with E-state index in [0.29, 0.717) is 4.47 Å². The number of methoxy groups -OCH3 is 2. The molecule has 2 rings (SSSR count). The van der Waals surface area contributed by atoms with Gasteiger partial charge in [0.05, 0.1) is 26.5 Å². The zero-order valence-electron chi connectivity index (χ0n) is 11.0. The number of halogens is 1. The van der Waals surface area contributed by atoms with Gasteiger partial charge < -0.3 is 14.4 Å². The van der Waals surface area contributed by atoms with Crippen LogP contribution in [0.2, 0.25) is 4.47 Å². The molecule has 6 heteroatoms. The lowest BCUT2D eigenvalue weighted by Crippen LogP contribution is -2.16. The first kappa shape index (κ1) is 14.0. The van der Waals surface area contributed by atoms with Crippen LogP contribution in [0.1, 0.15) is 4.88 Å². The van der Waals surface area contributed by atoms with Gasteiger partial charge in [-0.2, -0.15) is 0 Å². The second-order valence-electron chi connectivity index (χ2n) is 3.97. The van der Waals surface area contributed by atoms with E-state index < -0.39 is 0 Å². The number of anilines is 1. The van der Waals surface area contributed by atoms with Gasteiger partial charge in [-0.1, -0.05) is 11.6 Å². The van der Waals surface area contributed by atoms with Crippen LogP contribution in [-0.2, 0) is 6.54 Å². The third kappa shape index (κ3) is 3.30. The molecule has 0 aliphatic heterocycles. The number of rotatable bonds is 5. The SMILES string of the molecule is COc1ccc(N(C)Cc2cnc(Cl)s2)c(OC)c1. The van der Waals surface area contributed by atoms with Crippen LogP contribution in [0.5, 0.6) is 11.5 Å². The van der Waals surface area contributed by atoms with Crippen molar-refractivity contribution in [1.29, 1.82) is 0 Å². The van der Waals surface area contributed by atoms with Crippen molar-refractivity contribution in [3.8, 4) is 11.5 Å². The summed E-state index contributed by atoms with van der Waals surface area (Å²) in [7, 11) is 5.28. The van der Waals surface area contributed by atoms with Crippen molar-refractivity contribution in [2.75, 3.05) is 26.2 Å². The van der Waals surface area contributed by atoms with Gasteiger partial charge >= 0.3 is 0 Å². The van der Waals surface area contributed by atoms with Gasteiger partial charge in [0.2, 0.25) is 0 Å². The van der Waals surface area contributed by atoms with E-state index in [9.17, 15) is 0 Å². The lowest BCUT2D eigenvalue weighted by atomic mass is 10.2.